The first-order valence-electron chi connectivity index (χ1n) is 18.7. The normalized spacial score (nSPS) is 11.4. The maximum atomic E-state index is 2.36. The van der Waals surface area contributed by atoms with Crippen molar-refractivity contribution in [2.45, 2.75) is 12.3 Å². The maximum Gasteiger partial charge on any atom is 0.116 e. The lowest BCUT2D eigenvalue weighted by atomic mass is 10.0. The zero-order valence-electron chi connectivity index (χ0n) is 31.2. The predicted octanol–water partition coefficient (Wildman–Crippen LogP) is 4.85. The third kappa shape index (κ3) is 8.51. The van der Waals surface area contributed by atoms with Gasteiger partial charge in [0.05, 0.1) is 12.3 Å². The quantitative estimate of drug-likeness (QED) is 0.122. The van der Waals surface area contributed by atoms with Gasteiger partial charge in [-0.15, -0.1) is 0 Å². The van der Waals surface area contributed by atoms with Gasteiger partial charge in [0.1, 0.15) is 46.4 Å². The van der Waals surface area contributed by atoms with Crippen molar-refractivity contribution in [2.75, 3.05) is 0 Å². The predicted molar refractivity (Wildman–Crippen MR) is 240 cm³/mol. The summed E-state index contributed by atoms with van der Waals surface area (Å²) in [5.41, 5.74) is 5.23. The van der Waals surface area contributed by atoms with E-state index in [0.29, 0.717) is 0 Å². The highest BCUT2D eigenvalue weighted by Crippen LogP contribution is 2.59. The van der Waals surface area contributed by atoms with Gasteiger partial charge in [-0.3, -0.25) is 0 Å². The highest BCUT2D eigenvalue weighted by atomic mass is 79.9. The van der Waals surface area contributed by atoms with Crippen LogP contribution in [0.15, 0.2) is 231 Å². The molecule has 8 rings (SSSR count). The second-order valence-electron chi connectivity index (χ2n) is 13.7. The number of rotatable bonds is 12. The molecule has 0 amide bonds. The zero-order chi connectivity index (χ0) is 36.5. The first-order chi connectivity index (χ1) is 26.8. The largest absolute Gasteiger partial charge is 1.00 e. The molecule has 0 aromatic heterocycles. The van der Waals surface area contributed by atoms with Crippen LogP contribution in [0.1, 0.15) is 22.3 Å². The van der Waals surface area contributed by atoms with E-state index in [9.17, 15) is 0 Å². The van der Waals surface area contributed by atoms with Crippen LogP contribution in [-0.2, 0) is 12.3 Å². The van der Waals surface area contributed by atoms with Crippen LogP contribution in [0, 0.1) is 0 Å². The van der Waals surface area contributed by atoms with Gasteiger partial charge >= 0.3 is 0 Å². The lowest BCUT2D eigenvalue weighted by molar-refractivity contribution is -0.00100. The molecule has 0 radical (unpaired) electrons. The molecule has 276 valence electrons. The van der Waals surface area contributed by atoms with Gasteiger partial charge in [0, 0.05) is 0 Å². The zero-order valence-corrected chi connectivity index (χ0v) is 36.1. The molecule has 0 atom stereocenters. The van der Waals surface area contributed by atoms with E-state index in [1.54, 1.807) is 0 Å². The van der Waals surface area contributed by atoms with Gasteiger partial charge in [0.25, 0.3) is 0 Å². The van der Waals surface area contributed by atoms with E-state index in [1.807, 2.05) is 0 Å². The molecule has 0 fully saturated rings. The fraction of sp³-hybridized carbons (Fsp3) is 0.0385. The smallest absolute Gasteiger partial charge is 0.116 e. The number of halogens is 2. The Bertz CT molecular complexity index is 2050. The molecule has 0 aliphatic carbocycles. The summed E-state index contributed by atoms with van der Waals surface area (Å²) >= 11 is 0. The van der Waals surface area contributed by atoms with E-state index >= 15 is 0 Å². The highest BCUT2D eigenvalue weighted by Gasteiger charge is 2.47. The van der Waals surface area contributed by atoms with Crippen LogP contribution in [0.5, 0.6) is 0 Å². The third-order valence-corrected chi connectivity index (χ3v) is 19.3. The minimum absolute atomic E-state index is 0. The van der Waals surface area contributed by atoms with Gasteiger partial charge in [-0.1, -0.05) is 170 Å². The molecule has 0 N–H and O–H groups in total. The Morgan fingerprint density at radius 2 is 0.446 bits per heavy atom. The molecule has 0 bridgehead atoms. The Morgan fingerprint density at radius 1 is 0.250 bits per heavy atom. The average molecular weight is 891 g/mol. The van der Waals surface area contributed by atoms with Gasteiger partial charge in [0.15, 0.2) is 0 Å². The first kappa shape index (κ1) is 41.0. The van der Waals surface area contributed by atoms with Gasteiger partial charge in [-0.25, -0.2) is 0 Å². The summed E-state index contributed by atoms with van der Waals surface area (Å²) in [4.78, 5) is 0. The van der Waals surface area contributed by atoms with Crippen LogP contribution in [-0.4, -0.2) is 0 Å². The summed E-state index contributed by atoms with van der Waals surface area (Å²) in [7, 11) is -4.13. The summed E-state index contributed by atoms with van der Waals surface area (Å²) in [6.45, 7) is 0. The van der Waals surface area contributed by atoms with Gasteiger partial charge in [-0.05, 0) is 95.1 Å². The van der Waals surface area contributed by atoms with E-state index < -0.39 is 14.5 Å². The topological polar surface area (TPSA) is 0 Å². The molecule has 0 heterocycles. The third-order valence-electron chi connectivity index (χ3n) is 10.5. The number of hydrogen-bond donors (Lipinski definition) is 0. The SMILES string of the molecule is C(=C\c1ccccc1C[P+](c1ccccc1)(c1ccccc1)c1ccccc1)/c1ccccc1C[P+](c1ccccc1)(c1ccccc1)c1ccccc1.[Br-].[Br-]. The Morgan fingerprint density at radius 3 is 0.679 bits per heavy atom. The van der Waals surface area contributed by atoms with Gasteiger partial charge < -0.3 is 34.0 Å². The maximum absolute atomic E-state index is 2.36. The monoisotopic (exact) mass is 888 g/mol. The van der Waals surface area contributed by atoms with Crippen molar-refractivity contribution < 1.29 is 34.0 Å². The van der Waals surface area contributed by atoms with Gasteiger partial charge in [0.2, 0.25) is 0 Å². The molecule has 56 heavy (non-hydrogen) atoms. The molecule has 0 spiro atoms. The molecule has 0 aliphatic heterocycles. The van der Waals surface area contributed by atoms with Crippen molar-refractivity contribution in [3.8, 4) is 0 Å². The molecule has 4 heteroatoms. The minimum atomic E-state index is -2.07. The Balaban J connectivity index is 0.00000266. The number of hydrogen-bond acceptors (Lipinski definition) is 0. The summed E-state index contributed by atoms with van der Waals surface area (Å²) in [5, 5.41) is 8.39. The van der Waals surface area contributed by atoms with Crippen LogP contribution in [0.3, 0.4) is 0 Å². The lowest BCUT2D eigenvalue weighted by Gasteiger charge is -2.28. The Labute approximate surface area is 355 Å². The van der Waals surface area contributed by atoms with Crippen LogP contribution in [0.25, 0.3) is 12.2 Å². The van der Waals surface area contributed by atoms with E-state index in [2.05, 4.69) is 243 Å². The summed E-state index contributed by atoms with van der Waals surface area (Å²) < 4.78 is 0. The average Bonchev–Trinajstić information content (AvgIpc) is 3.26. The van der Waals surface area contributed by atoms with E-state index in [-0.39, 0.29) is 34.0 Å². The fourth-order valence-corrected chi connectivity index (χ4v) is 16.5. The summed E-state index contributed by atoms with van der Waals surface area (Å²) in [5.74, 6) is 0. The van der Waals surface area contributed by atoms with Crippen molar-refractivity contribution >= 4 is 58.5 Å². The van der Waals surface area contributed by atoms with Crippen LogP contribution < -0.4 is 65.8 Å². The van der Waals surface area contributed by atoms with Crippen molar-refractivity contribution in [3.05, 3.63) is 253 Å². The second-order valence-corrected chi connectivity index (χ2v) is 20.6. The molecule has 0 aliphatic rings. The van der Waals surface area contributed by atoms with E-state index in [4.69, 9.17) is 0 Å². The molecule has 0 saturated carbocycles. The van der Waals surface area contributed by atoms with Crippen molar-refractivity contribution in [1.82, 2.24) is 0 Å². The standard InChI is InChI=1S/C52H44P2.2BrH/c1-7-27-47(28-8-1)53(48-29-9-2-10-30-48,49-31-11-3-12-32-49)41-45-25-21-19-23-43(45)39-40-44-24-20-22-26-46(44)42-54(50-33-13-4-14-34-50,51-35-15-5-16-36-51)52-37-17-6-18-38-52;;/h1-40H,41-42H2;2*1H/q+2;;/p-2/b40-39+;;. The van der Waals surface area contributed by atoms with Crippen LogP contribution >= 0.6 is 14.5 Å². The molecule has 0 saturated heterocycles. The molecule has 8 aromatic rings. The van der Waals surface area contributed by atoms with Crippen LogP contribution in [0.4, 0.5) is 0 Å². The minimum Gasteiger partial charge on any atom is -1.00 e. The molecule has 8 aromatic carbocycles. The van der Waals surface area contributed by atoms with E-state index in [1.165, 1.54) is 54.1 Å². The van der Waals surface area contributed by atoms with Gasteiger partial charge in [-0.2, -0.15) is 0 Å². The second kappa shape index (κ2) is 19.5. The van der Waals surface area contributed by atoms with E-state index in [0.717, 1.165) is 12.3 Å². The first-order valence-corrected chi connectivity index (χ1v) is 22.7. The highest BCUT2D eigenvalue weighted by molar-refractivity contribution is 7.95. The molecule has 0 nitrogen and oxygen atoms in total. The molecular weight excluding hydrogens is 846 g/mol. The van der Waals surface area contributed by atoms with Crippen molar-refractivity contribution in [1.29, 1.82) is 0 Å². The van der Waals surface area contributed by atoms with Crippen molar-refractivity contribution in [2.24, 2.45) is 0 Å². The fourth-order valence-electron chi connectivity index (χ4n) is 7.91. The van der Waals surface area contributed by atoms with Crippen LogP contribution in [0.2, 0.25) is 0 Å². The summed E-state index contributed by atoms with van der Waals surface area (Å²) in [6.07, 6.45) is 6.57. The molecule has 0 unspecified atom stereocenters. The summed E-state index contributed by atoms with van der Waals surface area (Å²) in [6, 6.07) is 85.2. The Hall–Kier alpha value is -4.68. The lowest BCUT2D eigenvalue weighted by Crippen LogP contribution is -3.00. The Kier molecular flexibility index (Phi) is 14.2. The number of benzene rings is 8. The molecular formula is C52H44Br2P2. The van der Waals surface area contributed by atoms with Crippen molar-refractivity contribution in [3.63, 3.8) is 0 Å².